The molecular weight excluding hydrogens is 300 g/mol. The normalized spacial score (nSPS) is 19.5. The summed E-state index contributed by atoms with van der Waals surface area (Å²) >= 11 is 0. The predicted octanol–water partition coefficient (Wildman–Crippen LogP) is 0.196. The largest absolute Gasteiger partial charge is 0.394 e. The first-order valence-electron chi connectivity index (χ1n) is 6.29. The van der Waals surface area contributed by atoms with Crippen molar-refractivity contribution in [3.8, 4) is 0 Å². The first-order chi connectivity index (χ1) is 9.82. The second-order valence-electron chi connectivity index (χ2n) is 4.80. The van der Waals surface area contributed by atoms with Crippen LogP contribution in [0.2, 0.25) is 0 Å². The minimum Gasteiger partial charge on any atom is -0.394 e. The highest BCUT2D eigenvalue weighted by Gasteiger charge is 2.27. The zero-order valence-electron chi connectivity index (χ0n) is 11.4. The lowest BCUT2D eigenvalue weighted by molar-refractivity contribution is -0.384. The Morgan fingerprint density at radius 3 is 2.81 bits per heavy atom. The second-order valence-corrected chi connectivity index (χ2v) is 6.82. The zero-order chi connectivity index (χ0) is 15.6. The van der Waals surface area contributed by atoms with Crippen LogP contribution in [0.15, 0.2) is 23.1 Å². The van der Waals surface area contributed by atoms with Crippen LogP contribution in [-0.4, -0.2) is 57.1 Å². The highest BCUT2D eigenvalue weighted by atomic mass is 32.2. The SMILES string of the molecule is CS(=O)(=O)c1ccc(N2CCOC(CO)C2)c([N+](=O)[O-])c1. The summed E-state index contributed by atoms with van der Waals surface area (Å²) in [5.74, 6) is 0. The average Bonchev–Trinajstić information content (AvgIpc) is 2.45. The maximum Gasteiger partial charge on any atom is 0.293 e. The molecule has 1 saturated heterocycles. The topological polar surface area (TPSA) is 110 Å². The van der Waals surface area contributed by atoms with Crippen LogP contribution in [0.5, 0.6) is 0 Å². The molecule has 9 heteroatoms. The number of sulfone groups is 1. The third kappa shape index (κ3) is 3.49. The molecule has 1 aromatic rings. The predicted molar refractivity (Wildman–Crippen MR) is 75.2 cm³/mol. The number of aliphatic hydroxyl groups is 1. The Bertz CT molecular complexity index is 645. The molecule has 116 valence electrons. The van der Waals surface area contributed by atoms with Gasteiger partial charge in [0.05, 0.1) is 29.1 Å². The molecule has 0 saturated carbocycles. The Hall–Kier alpha value is -1.71. The van der Waals surface area contributed by atoms with E-state index in [9.17, 15) is 18.5 Å². The Labute approximate surface area is 122 Å². The van der Waals surface area contributed by atoms with E-state index in [0.717, 1.165) is 12.3 Å². The van der Waals surface area contributed by atoms with Gasteiger partial charge in [-0.2, -0.15) is 0 Å². The Morgan fingerprint density at radius 2 is 2.24 bits per heavy atom. The summed E-state index contributed by atoms with van der Waals surface area (Å²) in [6.07, 6.45) is 0.593. The average molecular weight is 316 g/mol. The van der Waals surface area contributed by atoms with E-state index in [1.807, 2.05) is 0 Å². The van der Waals surface area contributed by atoms with Crippen molar-refractivity contribution in [3.05, 3.63) is 28.3 Å². The van der Waals surface area contributed by atoms with Crippen molar-refractivity contribution in [1.82, 2.24) is 0 Å². The maximum atomic E-state index is 11.5. The van der Waals surface area contributed by atoms with E-state index in [-0.39, 0.29) is 17.2 Å². The lowest BCUT2D eigenvalue weighted by Gasteiger charge is -2.33. The van der Waals surface area contributed by atoms with Crippen LogP contribution < -0.4 is 4.90 Å². The van der Waals surface area contributed by atoms with Gasteiger partial charge in [0.2, 0.25) is 0 Å². The van der Waals surface area contributed by atoms with Crippen LogP contribution in [0.3, 0.4) is 0 Å². The summed E-state index contributed by atoms with van der Waals surface area (Å²) < 4.78 is 28.3. The summed E-state index contributed by atoms with van der Waals surface area (Å²) in [5.41, 5.74) is 0.0608. The standard InChI is InChI=1S/C12H16N2O6S/c1-21(18,19)10-2-3-11(12(6-10)14(16)17)13-4-5-20-9(7-13)8-15/h2-3,6,9,15H,4-5,7-8H2,1H3. The van der Waals surface area contributed by atoms with Gasteiger partial charge in [0.15, 0.2) is 9.84 Å². The van der Waals surface area contributed by atoms with Crippen LogP contribution in [-0.2, 0) is 14.6 Å². The number of nitrogens with zero attached hydrogens (tertiary/aromatic N) is 2. The smallest absolute Gasteiger partial charge is 0.293 e. The lowest BCUT2D eigenvalue weighted by Crippen LogP contribution is -2.44. The van der Waals surface area contributed by atoms with Gasteiger partial charge in [0.1, 0.15) is 5.69 Å². The Kier molecular flexibility index (Phi) is 4.45. The summed E-state index contributed by atoms with van der Waals surface area (Å²) in [6.45, 7) is 0.924. The van der Waals surface area contributed by atoms with Crippen molar-refractivity contribution in [2.75, 3.05) is 37.5 Å². The third-order valence-electron chi connectivity index (χ3n) is 3.25. The second kappa shape index (κ2) is 5.96. The van der Waals surface area contributed by atoms with Gasteiger partial charge < -0.3 is 14.7 Å². The molecule has 0 aliphatic carbocycles. The molecule has 1 unspecified atom stereocenters. The van der Waals surface area contributed by atoms with Crippen LogP contribution in [0.25, 0.3) is 0 Å². The van der Waals surface area contributed by atoms with Gasteiger partial charge in [-0.25, -0.2) is 8.42 Å². The Morgan fingerprint density at radius 1 is 1.52 bits per heavy atom. The number of nitro benzene ring substituents is 1. The lowest BCUT2D eigenvalue weighted by atomic mass is 10.2. The molecule has 2 rings (SSSR count). The molecule has 1 aliphatic heterocycles. The Balaban J connectivity index is 2.41. The van der Waals surface area contributed by atoms with Gasteiger partial charge in [0.25, 0.3) is 5.69 Å². The molecule has 0 radical (unpaired) electrons. The first kappa shape index (κ1) is 15.7. The van der Waals surface area contributed by atoms with Crippen molar-refractivity contribution in [2.45, 2.75) is 11.0 Å². The van der Waals surface area contributed by atoms with E-state index in [1.165, 1.54) is 12.1 Å². The summed E-state index contributed by atoms with van der Waals surface area (Å²) in [4.78, 5) is 12.2. The molecule has 1 atom stereocenters. The highest BCUT2D eigenvalue weighted by Crippen LogP contribution is 2.31. The van der Waals surface area contributed by atoms with E-state index in [0.29, 0.717) is 25.4 Å². The van der Waals surface area contributed by atoms with E-state index in [1.54, 1.807) is 4.90 Å². The molecular formula is C12H16N2O6S. The molecule has 0 spiro atoms. The molecule has 21 heavy (non-hydrogen) atoms. The molecule has 1 fully saturated rings. The number of nitro groups is 1. The highest BCUT2D eigenvalue weighted by molar-refractivity contribution is 7.90. The van der Waals surface area contributed by atoms with Crippen LogP contribution in [0, 0.1) is 10.1 Å². The fourth-order valence-corrected chi connectivity index (χ4v) is 2.84. The minimum atomic E-state index is -3.51. The number of rotatable bonds is 4. The van der Waals surface area contributed by atoms with E-state index in [4.69, 9.17) is 9.84 Å². The number of hydrogen-bond donors (Lipinski definition) is 1. The number of hydrogen-bond acceptors (Lipinski definition) is 7. The zero-order valence-corrected chi connectivity index (χ0v) is 12.2. The van der Waals surface area contributed by atoms with Crippen molar-refractivity contribution >= 4 is 21.2 Å². The van der Waals surface area contributed by atoms with Gasteiger partial charge in [-0.1, -0.05) is 0 Å². The van der Waals surface area contributed by atoms with Crippen LogP contribution in [0.1, 0.15) is 0 Å². The van der Waals surface area contributed by atoms with Gasteiger partial charge in [0, 0.05) is 25.4 Å². The molecule has 0 aromatic heterocycles. The molecule has 0 amide bonds. The molecule has 1 N–H and O–H groups in total. The molecule has 1 aliphatic rings. The number of ether oxygens (including phenoxy) is 1. The maximum absolute atomic E-state index is 11.5. The number of aliphatic hydroxyl groups excluding tert-OH is 1. The van der Waals surface area contributed by atoms with Crippen molar-refractivity contribution in [1.29, 1.82) is 0 Å². The molecule has 0 bridgehead atoms. The number of benzene rings is 1. The van der Waals surface area contributed by atoms with Crippen molar-refractivity contribution in [2.24, 2.45) is 0 Å². The van der Waals surface area contributed by atoms with Gasteiger partial charge >= 0.3 is 0 Å². The minimum absolute atomic E-state index is 0.0927. The monoisotopic (exact) mass is 316 g/mol. The van der Waals surface area contributed by atoms with E-state index in [2.05, 4.69) is 0 Å². The van der Waals surface area contributed by atoms with Crippen molar-refractivity contribution in [3.63, 3.8) is 0 Å². The van der Waals surface area contributed by atoms with Crippen LogP contribution in [0.4, 0.5) is 11.4 Å². The van der Waals surface area contributed by atoms with E-state index >= 15 is 0 Å². The number of morpholine rings is 1. The van der Waals surface area contributed by atoms with E-state index < -0.39 is 20.9 Å². The fourth-order valence-electron chi connectivity index (χ4n) is 2.20. The summed E-state index contributed by atoms with van der Waals surface area (Å²) in [5, 5.41) is 20.3. The van der Waals surface area contributed by atoms with Crippen molar-refractivity contribution < 1.29 is 23.2 Å². The summed E-state index contributed by atoms with van der Waals surface area (Å²) in [6, 6.07) is 3.84. The van der Waals surface area contributed by atoms with Crippen LogP contribution >= 0.6 is 0 Å². The van der Waals surface area contributed by atoms with Gasteiger partial charge in [-0.05, 0) is 12.1 Å². The first-order valence-corrected chi connectivity index (χ1v) is 8.18. The van der Waals surface area contributed by atoms with Gasteiger partial charge in [-0.3, -0.25) is 10.1 Å². The number of anilines is 1. The molecule has 1 heterocycles. The van der Waals surface area contributed by atoms with Gasteiger partial charge in [-0.15, -0.1) is 0 Å². The third-order valence-corrected chi connectivity index (χ3v) is 4.37. The molecule has 1 aromatic carbocycles. The fraction of sp³-hybridized carbons (Fsp3) is 0.500. The molecule has 8 nitrogen and oxygen atoms in total. The quantitative estimate of drug-likeness (QED) is 0.624. The summed E-state index contributed by atoms with van der Waals surface area (Å²) in [7, 11) is -3.51.